The van der Waals surface area contributed by atoms with Gasteiger partial charge in [0.15, 0.2) is 0 Å². The Balaban J connectivity index is 1.58. The summed E-state index contributed by atoms with van der Waals surface area (Å²) in [5.74, 6) is 0. The van der Waals surface area contributed by atoms with Crippen molar-refractivity contribution in [1.82, 2.24) is 9.55 Å². The van der Waals surface area contributed by atoms with Crippen molar-refractivity contribution in [2.24, 2.45) is 0 Å². The summed E-state index contributed by atoms with van der Waals surface area (Å²) in [5, 5.41) is 4.61. The predicted molar refractivity (Wildman–Crippen MR) is 157 cm³/mol. The van der Waals surface area contributed by atoms with Crippen molar-refractivity contribution in [2.75, 3.05) is 0 Å². The van der Waals surface area contributed by atoms with Crippen molar-refractivity contribution >= 4 is 43.7 Å². The number of aromatic nitrogens is 2. The Bertz CT molecular complexity index is 2120. The Hall–Kier alpha value is -5.15. The number of furan rings is 1. The fourth-order valence-corrected chi connectivity index (χ4v) is 5.79. The highest BCUT2D eigenvalue weighted by Crippen LogP contribution is 2.45. The third-order valence-corrected chi connectivity index (χ3v) is 7.44. The number of pyridine rings is 1. The van der Waals surface area contributed by atoms with Crippen LogP contribution in [0.2, 0.25) is 0 Å². The van der Waals surface area contributed by atoms with Gasteiger partial charge in [-0.05, 0) is 48.0 Å². The maximum Gasteiger partial charge on any atom is 0.144 e. The lowest BCUT2D eigenvalue weighted by molar-refractivity contribution is 0.670. The molecule has 5 aromatic carbocycles. The average molecular weight is 487 g/mol. The van der Waals surface area contributed by atoms with Gasteiger partial charge in [0, 0.05) is 44.6 Å². The molecular formula is C35H22N2O. The summed E-state index contributed by atoms with van der Waals surface area (Å²) >= 11 is 0. The van der Waals surface area contributed by atoms with Crippen molar-refractivity contribution in [3.8, 4) is 28.1 Å². The molecule has 0 bridgehead atoms. The summed E-state index contributed by atoms with van der Waals surface area (Å²) < 4.78 is 9.00. The first-order valence-corrected chi connectivity index (χ1v) is 12.8. The molecule has 8 rings (SSSR count). The maximum atomic E-state index is 6.63. The number of fused-ring (bicyclic) bond motifs is 6. The minimum atomic E-state index is 0.893. The van der Waals surface area contributed by atoms with Crippen LogP contribution in [0.15, 0.2) is 138 Å². The molecule has 0 N–H and O–H groups in total. The highest BCUT2D eigenvalue weighted by molar-refractivity contribution is 6.25. The number of hydrogen-bond donors (Lipinski definition) is 0. The molecule has 0 fully saturated rings. The largest absolute Gasteiger partial charge is 0.455 e. The summed E-state index contributed by atoms with van der Waals surface area (Å²) in [6.45, 7) is 0. The monoisotopic (exact) mass is 486 g/mol. The van der Waals surface area contributed by atoms with Crippen molar-refractivity contribution in [2.45, 2.75) is 0 Å². The second-order valence-electron chi connectivity index (χ2n) is 9.60. The van der Waals surface area contributed by atoms with E-state index in [0.717, 1.165) is 55.5 Å². The smallest absolute Gasteiger partial charge is 0.144 e. The van der Waals surface area contributed by atoms with Gasteiger partial charge >= 0.3 is 0 Å². The molecule has 0 saturated heterocycles. The van der Waals surface area contributed by atoms with E-state index in [-0.39, 0.29) is 0 Å². The molecular weight excluding hydrogens is 464 g/mol. The van der Waals surface area contributed by atoms with E-state index in [2.05, 4.69) is 120 Å². The molecule has 0 spiro atoms. The van der Waals surface area contributed by atoms with E-state index in [0.29, 0.717) is 0 Å². The Morgan fingerprint density at radius 1 is 0.553 bits per heavy atom. The molecule has 0 atom stereocenters. The normalized spacial score (nSPS) is 11.7. The first-order valence-electron chi connectivity index (χ1n) is 12.8. The van der Waals surface area contributed by atoms with Crippen LogP contribution in [0.3, 0.4) is 0 Å². The van der Waals surface area contributed by atoms with Gasteiger partial charge in [0.2, 0.25) is 0 Å². The van der Waals surface area contributed by atoms with Gasteiger partial charge in [-0.25, -0.2) is 0 Å². The Morgan fingerprint density at radius 3 is 2.11 bits per heavy atom. The minimum absolute atomic E-state index is 0.893. The lowest BCUT2D eigenvalue weighted by Crippen LogP contribution is -1.93. The van der Waals surface area contributed by atoms with E-state index in [9.17, 15) is 0 Å². The highest BCUT2D eigenvalue weighted by Gasteiger charge is 2.22. The Labute approximate surface area is 219 Å². The molecule has 0 saturated carbocycles. The summed E-state index contributed by atoms with van der Waals surface area (Å²) in [6.07, 6.45) is 1.90. The zero-order valence-corrected chi connectivity index (χ0v) is 20.5. The lowest BCUT2D eigenvalue weighted by atomic mass is 9.96. The van der Waals surface area contributed by atoms with Crippen LogP contribution in [0.4, 0.5) is 0 Å². The summed E-state index contributed by atoms with van der Waals surface area (Å²) in [6, 6.07) is 44.5. The molecule has 3 nitrogen and oxygen atoms in total. The van der Waals surface area contributed by atoms with Crippen molar-refractivity contribution in [3.63, 3.8) is 0 Å². The molecule has 0 unspecified atom stereocenters. The first-order chi connectivity index (χ1) is 18.9. The van der Waals surface area contributed by atoms with Crippen molar-refractivity contribution in [1.29, 1.82) is 0 Å². The molecule has 3 heteroatoms. The van der Waals surface area contributed by atoms with Gasteiger partial charge < -0.3 is 8.98 Å². The van der Waals surface area contributed by atoms with Gasteiger partial charge in [0.25, 0.3) is 0 Å². The molecule has 0 aliphatic rings. The number of para-hydroxylation sites is 3. The highest BCUT2D eigenvalue weighted by atomic mass is 16.3. The third kappa shape index (κ3) is 3.06. The van der Waals surface area contributed by atoms with Crippen LogP contribution in [0, 0.1) is 0 Å². The van der Waals surface area contributed by atoms with E-state index in [1.165, 1.54) is 16.3 Å². The van der Waals surface area contributed by atoms with Gasteiger partial charge in [0.05, 0.1) is 16.7 Å². The van der Waals surface area contributed by atoms with E-state index in [1.807, 2.05) is 18.3 Å². The molecule has 0 aliphatic heterocycles. The molecule has 3 aromatic heterocycles. The summed E-state index contributed by atoms with van der Waals surface area (Å²) in [7, 11) is 0. The quantitative estimate of drug-likeness (QED) is 0.249. The van der Waals surface area contributed by atoms with Crippen LogP contribution in [0.25, 0.3) is 71.8 Å². The van der Waals surface area contributed by atoms with Gasteiger partial charge in [-0.3, -0.25) is 4.98 Å². The Kier molecular flexibility index (Phi) is 4.52. The summed E-state index contributed by atoms with van der Waals surface area (Å²) in [4.78, 5) is 4.72. The van der Waals surface area contributed by atoms with Gasteiger partial charge in [-0.2, -0.15) is 0 Å². The standard InChI is InChI=1S/C35H22N2O/c1-3-11-23(12-4-1)29-21-24(19-20-36-29)33-34-27-16-7-9-17-30(27)37(25-13-5-2-6-14-25)31(34)22-28-26-15-8-10-18-32(26)38-35(28)33/h1-22H. The van der Waals surface area contributed by atoms with Crippen LogP contribution in [0.1, 0.15) is 0 Å². The van der Waals surface area contributed by atoms with Gasteiger partial charge in [-0.1, -0.05) is 84.9 Å². The molecule has 0 aliphatic carbocycles. The summed E-state index contributed by atoms with van der Waals surface area (Å²) in [5.41, 5.74) is 9.48. The fourth-order valence-electron chi connectivity index (χ4n) is 5.79. The van der Waals surface area contributed by atoms with Gasteiger partial charge in [-0.15, -0.1) is 0 Å². The lowest BCUT2D eigenvalue weighted by Gasteiger charge is -2.11. The van der Waals surface area contributed by atoms with E-state index >= 15 is 0 Å². The molecule has 0 amide bonds. The second kappa shape index (κ2) is 8.19. The fraction of sp³-hybridized carbons (Fsp3) is 0. The van der Waals surface area contributed by atoms with E-state index in [1.54, 1.807) is 0 Å². The number of rotatable bonds is 3. The predicted octanol–water partition coefficient (Wildman–Crippen LogP) is 9.41. The van der Waals surface area contributed by atoms with Crippen LogP contribution in [0.5, 0.6) is 0 Å². The van der Waals surface area contributed by atoms with Crippen LogP contribution in [-0.2, 0) is 0 Å². The zero-order valence-electron chi connectivity index (χ0n) is 20.5. The van der Waals surface area contributed by atoms with E-state index < -0.39 is 0 Å². The molecule has 178 valence electrons. The topological polar surface area (TPSA) is 31.0 Å². The molecule has 8 aromatic rings. The van der Waals surface area contributed by atoms with Crippen molar-refractivity contribution < 1.29 is 4.42 Å². The minimum Gasteiger partial charge on any atom is -0.455 e. The van der Waals surface area contributed by atoms with Crippen LogP contribution < -0.4 is 0 Å². The maximum absolute atomic E-state index is 6.63. The molecule has 0 radical (unpaired) electrons. The number of nitrogens with zero attached hydrogens (tertiary/aromatic N) is 2. The molecule has 38 heavy (non-hydrogen) atoms. The van der Waals surface area contributed by atoms with E-state index in [4.69, 9.17) is 9.40 Å². The van der Waals surface area contributed by atoms with Crippen LogP contribution >= 0.6 is 0 Å². The Morgan fingerprint density at radius 2 is 1.26 bits per heavy atom. The number of benzene rings is 5. The third-order valence-electron chi connectivity index (χ3n) is 7.44. The zero-order chi connectivity index (χ0) is 25.1. The average Bonchev–Trinajstić information content (AvgIpc) is 3.52. The number of hydrogen-bond acceptors (Lipinski definition) is 2. The van der Waals surface area contributed by atoms with Crippen LogP contribution in [-0.4, -0.2) is 9.55 Å². The first kappa shape index (κ1) is 21.0. The van der Waals surface area contributed by atoms with Gasteiger partial charge in [0.1, 0.15) is 11.2 Å². The SMILES string of the molecule is c1ccc(-c2cc(-c3c4oc5ccccc5c4cc4c3c3ccccc3n4-c3ccccc3)ccn2)cc1. The second-order valence-corrected chi connectivity index (χ2v) is 9.60. The van der Waals surface area contributed by atoms with Crippen molar-refractivity contribution in [3.05, 3.63) is 134 Å². The molecule has 3 heterocycles.